The summed E-state index contributed by atoms with van der Waals surface area (Å²) in [6.45, 7) is 3.46. The Labute approximate surface area is 124 Å². The van der Waals surface area contributed by atoms with Gasteiger partial charge in [-0.3, -0.25) is 5.32 Å². The zero-order valence-corrected chi connectivity index (χ0v) is 11.7. The van der Waals surface area contributed by atoms with Crippen molar-refractivity contribution in [2.45, 2.75) is 0 Å². The molecule has 108 valence electrons. The molecule has 0 saturated heterocycles. The van der Waals surface area contributed by atoms with Gasteiger partial charge in [-0.1, -0.05) is 54.3 Å². The maximum Gasteiger partial charge on any atom is 0.412 e. The van der Waals surface area contributed by atoms with Gasteiger partial charge >= 0.3 is 12.1 Å². The van der Waals surface area contributed by atoms with Crippen LogP contribution in [0.2, 0.25) is 0 Å². The van der Waals surface area contributed by atoms with Crippen LogP contribution in [0.3, 0.4) is 0 Å². The third-order valence-corrected chi connectivity index (χ3v) is 3.42. The Kier molecular flexibility index (Phi) is 4.68. The molecule has 0 saturated carbocycles. The fourth-order valence-electron chi connectivity index (χ4n) is 1.52. The minimum absolute atomic E-state index is 0.0403. The summed E-state index contributed by atoms with van der Waals surface area (Å²) in [4.78, 5) is 26.7. The lowest BCUT2D eigenvalue weighted by atomic mass is 10.2. The van der Waals surface area contributed by atoms with Crippen molar-refractivity contribution in [2.24, 2.45) is 0 Å². The van der Waals surface area contributed by atoms with Crippen molar-refractivity contribution in [3.05, 3.63) is 48.7 Å². The molecule has 0 radical (unpaired) electrons. The summed E-state index contributed by atoms with van der Waals surface area (Å²) in [7, 11) is 0. The molecular weight excluding hydrogens is 292 g/mol. The Morgan fingerprint density at radius 1 is 1.38 bits per heavy atom. The van der Waals surface area contributed by atoms with E-state index in [-0.39, 0.29) is 17.3 Å². The number of carbonyl (C=O) groups excluding carboxylic acids is 1. The van der Waals surface area contributed by atoms with Crippen LogP contribution in [0.25, 0.3) is 10.6 Å². The summed E-state index contributed by atoms with van der Waals surface area (Å²) >= 11 is 1.07. The molecule has 2 rings (SSSR count). The van der Waals surface area contributed by atoms with Crippen LogP contribution in [-0.2, 0) is 4.74 Å². The number of rotatable bonds is 5. The van der Waals surface area contributed by atoms with Crippen LogP contribution in [0.5, 0.6) is 0 Å². The van der Waals surface area contributed by atoms with Gasteiger partial charge in [-0.2, -0.15) is 0 Å². The molecule has 0 spiro atoms. The van der Waals surface area contributed by atoms with Crippen molar-refractivity contribution < 1.29 is 19.4 Å². The third-order valence-electron chi connectivity index (χ3n) is 2.40. The minimum atomic E-state index is -1.22. The number of nitrogens with one attached hydrogen (secondary N) is 1. The Balaban J connectivity index is 2.28. The summed E-state index contributed by atoms with van der Waals surface area (Å²) in [5, 5.41) is 12.2. The molecule has 0 unspecified atom stereocenters. The van der Waals surface area contributed by atoms with Crippen LogP contribution >= 0.6 is 11.3 Å². The van der Waals surface area contributed by atoms with Gasteiger partial charge in [-0.25, -0.2) is 14.6 Å². The first-order valence-corrected chi connectivity index (χ1v) is 6.77. The van der Waals surface area contributed by atoms with Crippen molar-refractivity contribution in [2.75, 3.05) is 11.9 Å². The number of hydrogen-bond acceptors (Lipinski definition) is 5. The molecule has 1 aromatic heterocycles. The number of thiazole rings is 1. The molecule has 21 heavy (non-hydrogen) atoms. The second-order valence-electron chi connectivity index (χ2n) is 3.88. The number of ether oxygens (including phenoxy) is 1. The fraction of sp³-hybridized carbons (Fsp3) is 0.0714. The molecule has 1 aromatic carbocycles. The van der Waals surface area contributed by atoms with Gasteiger partial charge in [0.1, 0.15) is 16.6 Å². The van der Waals surface area contributed by atoms with Crippen LogP contribution in [0.1, 0.15) is 10.5 Å². The molecule has 0 aliphatic carbocycles. The minimum Gasteiger partial charge on any atom is -0.476 e. The number of nitrogens with zero attached hydrogens (tertiary/aromatic N) is 1. The van der Waals surface area contributed by atoms with Crippen LogP contribution < -0.4 is 5.32 Å². The highest BCUT2D eigenvalue weighted by molar-refractivity contribution is 7.19. The van der Waals surface area contributed by atoms with Crippen LogP contribution in [0.4, 0.5) is 9.80 Å². The van der Waals surface area contributed by atoms with Crippen LogP contribution in [0.15, 0.2) is 43.0 Å². The SMILES string of the molecule is C=CCOC(=O)Nc1sc(-c2ccccc2)nc1C(=O)O. The quantitative estimate of drug-likeness (QED) is 0.828. The first kappa shape index (κ1) is 14.7. The first-order valence-electron chi connectivity index (χ1n) is 5.96. The molecule has 0 fully saturated rings. The lowest BCUT2D eigenvalue weighted by Crippen LogP contribution is -2.14. The molecule has 0 bridgehead atoms. The summed E-state index contributed by atoms with van der Waals surface area (Å²) in [6, 6.07) is 9.11. The number of anilines is 1. The number of carboxylic acid groups (broad SMARTS) is 1. The summed E-state index contributed by atoms with van der Waals surface area (Å²) in [5.41, 5.74) is 0.562. The molecule has 2 N–H and O–H groups in total. The highest BCUT2D eigenvalue weighted by Crippen LogP contribution is 2.32. The first-order chi connectivity index (χ1) is 10.1. The average Bonchev–Trinajstić information content (AvgIpc) is 2.90. The molecule has 1 amide bonds. The summed E-state index contributed by atoms with van der Waals surface area (Å²) < 4.78 is 4.76. The number of hydrogen-bond donors (Lipinski definition) is 2. The largest absolute Gasteiger partial charge is 0.476 e. The second kappa shape index (κ2) is 6.67. The Morgan fingerprint density at radius 3 is 2.71 bits per heavy atom. The van der Waals surface area contributed by atoms with Gasteiger partial charge in [0.15, 0.2) is 5.69 Å². The molecule has 0 aliphatic heterocycles. The lowest BCUT2D eigenvalue weighted by molar-refractivity contribution is 0.0692. The van der Waals surface area contributed by atoms with Gasteiger partial charge < -0.3 is 9.84 Å². The van der Waals surface area contributed by atoms with E-state index in [1.807, 2.05) is 30.3 Å². The fourth-order valence-corrected chi connectivity index (χ4v) is 2.47. The van der Waals surface area contributed by atoms with E-state index in [1.165, 1.54) is 6.08 Å². The average molecular weight is 304 g/mol. The number of amides is 1. The van der Waals surface area contributed by atoms with E-state index >= 15 is 0 Å². The molecular formula is C14H12N2O4S. The van der Waals surface area contributed by atoms with Crippen molar-refractivity contribution in [3.63, 3.8) is 0 Å². The predicted molar refractivity (Wildman–Crippen MR) is 79.7 cm³/mol. The zero-order chi connectivity index (χ0) is 15.2. The van der Waals surface area contributed by atoms with Gasteiger partial charge in [0, 0.05) is 5.56 Å². The molecule has 7 heteroatoms. The van der Waals surface area contributed by atoms with Gasteiger partial charge in [-0.15, -0.1) is 0 Å². The van der Waals surface area contributed by atoms with Crippen molar-refractivity contribution >= 4 is 28.4 Å². The Hall–Kier alpha value is -2.67. The van der Waals surface area contributed by atoms with Gasteiger partial charge in [-0.05, 0) is 0 Å². The topological polar surface area (TPSA) is 88.5 Å². The maximum atomic E-state index is 11.5. The van der Waals surface area contributed by atoms with Gasteiger partial charge in [0.05, 0.1) is 0 Å². The highest BCUT2D eigenvalue weighted by atomic mass is 32.1. The van der Waals surface area contributed by atoms with Crippen molar-refractivity contribution in [1.29, 1.82) is 0 Å². The second-order valence-corrected chi connectivity index (χ2v) is 4.88. The molecule has 1 heterocycles. The molecule has 2 aromatic rings. The van der Waals surface area contributed by atoms with Crippen LogP contribution in [0, 0.1) is 0 Å². The van der Waals surface area contributed by atoms with E-state index in [2.05, 4.69) is 16.9 Å². The van der Waals surface area contributed by atoms with E-state index < -0.39 is 12.1 Å². The van der Waals surface area contributed by atoms with Crippen molar-refractivity contribution in [3.8, 4) is 10.6 Å². The summed E-state index contributed by atoms with van der Waals surface area (Å²) in [6.07, 6.45) is 0.667. The molecule has 0 atom stereocenters. The molecule has 6 nitrogen and oxygen atoms in total. The van der Waals surface area contributed by atoms with Crippen LogP contribution in [-0.4, -0.2) is 28.8 Å². The Bertz CT molecular complexity index is 667. The van der Waals surface area contributed by atoms with E-state index in [0.29, 0.717) is 5.01 Å². The number of aromatic carboxylic acids is 1. The maximum absolute atomic E-state index is 11.5. The Morgan fingerprint density at radius 2 is 2.10 bits per heavy atom. The van der Waals surface area contributed by atoms with Gasteiger partial charge in [0.25, 0.3) is 0 Å². The number of carbonyl (C=O) groups is 2. The van der Waals surface area contributed by atoms with E-state index in [1.54, 1.807) is 0 Å². The predicted octanol–water partition coefficient (Wildman–Crippen LogP) is 3.24. The van der Waals surface area contributed by atoms with E-state index in [9.17, 15) is 9.59 Å². The smallest absolute Gasteiger partial charge is 0.412 e. The number of aromatic nitrogens is 1. The lowest BCUT2D eigenvalue weighted by Gasteiger charge is -2.02. The van der Waals surface area contributed by atoms with Crippen molar-refractivity contribution in [1.82, 2.24) is 4.98 Å². The normalized spacial score (nSPS) is 9.90. The number of carboxylic acids is 1. The summed E-state index contributed by atoms with van der Waals surface area (Å²) in [5.74, 6) is -1.22. The number of benzene rings is 1. The third kappa shape index (κ3) is 3.67. The van der Waals surface area contributed by atoms with Gasteiger partial charge in [0.2, 0.25) is 0 Å². The standard InChI is InChI=1S/C14H12N2O4S/c1-2-8-20-14(19)16-12-10(13(17)18)15-11(21-12)9-6-4-3-5-7-9/h2-7H,1,8H2,(H,16,19)(H,17,18). The highest BCUT2D eigenvalue weighted by Gasteiger charge is 2.20. The van der Waals surface area contributed by atoms with E-state index in [0.717, 1.165) is 16.9 Å². The van der Waals surface area contributed by atoms with E-state index in [4.69, 9.17) is 9.84 Å². The molecule has 0 aliphatic rings. The monoisotopic (exact) mass is 304 g/mol. The zero-order valence-electron chi connectivity index (χ0n) is 10.9.